The summed E-state index contributed by atoms with van der Waals surface area (Å²) in [5, 5.41) is 22.9. The van der Waals surface area contributed by atoms with Crippen LogP contribution in [0.5, 0.6) is 0 Å². The van der Waals surface area contributed by atoms with Gasteiger partial charge in [-0.3, -0.25) is 0 Å². The number of carbonyl (C=O) groups is 1. The molecule has 2 aliphatic rings. The van der Waals surface area contributed by atoms with Crippen molar-refractivity contribution in [2.45, 2.75) is 18.4 Å². The van der Waals surface area contributed by atoms with E-state index in [0.29, 0.717) is 12.2 Å². The van der Waals surface area contributed by atoms with E-state index in [4.69, 9.17) is 9.84 Å². The Hall–Kier alpha value is -2.63. The molecule has 1 saturated heterocycles. The quantitative estimate of drug-likeness (QED) is 0.571. The van der Waals surface area contributed by atoms with Gasteiger partial charge in [0.05, 0.1) is 17.8 Å². The van der Waals surface area contributed by atoms with Gasteiger partial charge < -0.3 is 20.3 Å². The molecule has 2 aliphatic heterocycles. The molecule has 0 saturated carbocycles. The molecule has 1 spiro atoms. The summed E-state index contributed by atoms with van der Waals surface area (Å²) in [6.07, 6.45) is 8.66. The molecule has 3 N–H and O–H groups in total. The minimum Gasteiger partial charge on any atom is -0.508 e. The minimum atomic E-state index is -0.958. The number of nitrogens with one attached hydrogen (secondary N) is 1. The van der Waals surface area contributed by atoms with Gasteiger partial charge in [0.25, 0.3) is 0 Å². The Morgan fingerprint density at radius 1 is 1.19 bits per heavy atom. The smallest absolute Gasteiger partial charge is 0.335 e. The van der Waals surface area contributed by atoms with Crippen LogP contribution in [0.4, 0.5) is 0 Å². The lowest BCUT2D eigenvalue weighted by molar-refractivity contribution is -0.0207. The highest BCUT2D eigenvalue weighted by Gasteiger charge is 2.36. The van der Waals surface area contributed by atoms with Gasteiger partial charge in [-0.25, -0.2) is 4.79 Å². The van der Waals surface area contributed by atoms with Crippen molar-refractivity contribution in [1.82, 2.24) is 5.32 Å². The van der Waals surface area contributed by atoms with Gasteiger partial charge in [-0.2, -0.15) is 0 Å². The first-order valence-electron chi connectivity index (χ1n) is 8.67. The molecule has 1 aromatic rings. The molecular weight excluding hydrogens is 330 g/mol. The lowest BCUT2D eigenvalue weighted by Crippen LogP contribution is -2.44. The summed E-state index contributed by atoms with van der Waals surface area (Å²) >= 11 is 0. The maximum Gasteiger partial charge on any atom is 0.335 e. The number of allylic oxidation sites excluding steroid dienone is 3. The van der Waals surface area contributed by atoms with Gasteiger partial charge in [0, 0.05) is 5.57 Å². The number of aromatic carboxylic acids is 1. The zero-order chi connectivity index (χ0) is 18.6. The molecule has 0 bridgehead atoms. The van der Waals surface area contributed by atoms with E-state index in [0.717, 1.165) is 37.1 Å². The zero-order valence-corrected chi connectivity index (χ0v) is 14.6. The van der Waals surface area contributed by atoms with Crippen molar-refractivity contribution < 1.29 is 19.7 Å². The first-order chi connectivity index (χ1) is 12.5. The van der Waals surface area contributed by atoms with Gasteiger partial charge in [0.15, 0.2) is 0 Å². The molecule has 136 valence electrons. The third kappa shape index (κ3) is 3.79. The van der Waals surface area contributed by atoms with Crippen molar-refractivity contribution in [3.63, 3.8) is 0 Å². The van der Waals surface area contributed by atoms with Crippen molar-refractivity contribution >= 4 is 11.5 Å². The lowest BCUT2D eigenvalue weighted by Gasteiger charge is -2.39. The Morgan fingerprint density at radius 2 is 1.88 bits per heavy atom. The summed E-state index contributed by atoms with van der Waals surface area (Å²) in [6.45, 7) is 5.68. The maximum absolute atomic E-state index is 11.1. The Labute approximate surface area is 153 Å². The molecule has 1 aromatic carbocycles. The van der Waals surface area contributed by atoms with E-state index in [1.807, 2.05) is 0 Å². The number of carboxylic acid groups (broad SMARTS) is 1. The van der Waals surface area contributed by atoms with E-state index in [1.54, 1.807) is 42.5 Å². The van der Waals surface area contributed by atoms with Crippen LogP contribution in [0.15, 0.2) is 66.5 Å². The van der Waals surface area contributed by atoms with Crippen molar-refractivity contribution in [2.24, 2.45) is 0 Å². The second-order valence-electron chi connectivity index (χ2n) is 6.50. The number of aliphatic hydroxyl groups is 1. The summed E-state index contributed by atoms with van der Waals surface area (Å²) < 4.78 is 6.15. The molecule has 5 heteroatoms. The Bertz CT molecular complexity index is 781. The number of hydrogen-bond donors (Lipinski definition) is 3. The van der Waals surface area contributed by atoms with E-state index >= 15 is 0 Å². The number of benzene rings is 1. The van der Waals surface area contributed by atoms with E-state index in [9.17, 15) is 9.90 Å². The number of aliphatic hydroxyl groups excluding tert-OH is 1. The zero-order valence-electron chi connectivity index (χ0n) is 14.6. The van der Waals surface area contributed by atoms with Gasteiger partial charge in [0.1, 0.15) is 5.76 Å². The number of rotatable bonds is 4. The Kier molecular flexibility index (Phi) is 5.40. The van der Waals surface area contributed by atoms with Gasteiger partial charge in [0.2, 0.25) is 0 Å². The van der Waals surface area contributed by atoms with Crippen LogP contribution in [-0.2, 0) is 4.74 Å². The average molecular weight is 353 g/mol. The molecule has 0 unspecified atom stereocenters. The van der Waals surface area contributed by atoms with Crippen molar-refractivity contribution in [2.75, 3.05) is 19.7 Å². The van der Waals surface area contributed by atoms with Crippen LogP contribution in [-0.4, -0.2) is 41.5 Å². The normalized spacial score (nSPS) is 21.5. The van der Waals surface area contributed by atoms with E-state index in [1.165, 1.54) is 0 Å². The fourth-order valence-electron chi connectivity index (χ4n) is 3.35. The van der Waals surface area contributed by atoms with Gasteiger partial charge >= 0.3 is 5.97 Å². The van der Waals surface area contributed by atoms with Gasteiger partial charge in [-0.15, -0.1) is 0 Å². The number of ether oxygens (including phenoxy) is 1. The van der Waals surface area contributed by atoms with E-state index < -0.39 is 5.97 Å². The second-order valence-corrected chi connectivity index (χ2v) is 6.50. The average Bonchev–Trinajstić information content (AvgIpc) is 2.67. The van der Waals surface area contributed by atoms with Gasteiger partial charge in [-0.1, -0.05) is 30.9 Å². The van der Waals surface area contributed by atoms with Gasteiger partial charge in [-0.05, 0) is 61.4 Å². The standard InChI is InChI=1S/C21H23NO4/c1-2-3-4-19(23)18-14-26-21(9-11-22-12-10-21)13-17(18)15-5-7-16(8-6-15)20(24)25/h2-8,13,22-23H,1,9-12,14H2,(H,24,25)/b4-3-,19-18-. The second kappa shape index (κ2) is 7.72. The maximum atomic E-state index is 11.1. The summed E-state index contributed by atoms with van der Waals surface area (Å²) in [5.41, 5.74) is 2.33. The predicted octanol–water partition coefficient (Wildman–Crippen LogP) is 3.47. The van der Waals surface area contributed by atoms with Crippen molar-refractivity contribution in [3.8, 4) is 0 Å². The van der Waals surface area contributed by atoms with E-state index in [-0.39, 0.29) is 16.9 Å². The summed E-state index contributed by atoms with van der Waals surface area (Å²) in [5.74, 6) is -0.831. The molecule has 26 heavy (non-hydrogen) atoms. The van der Waals surface area contributed by atoms with Crippen LogP contribution in [0.25, 0.3) is 5.57 Å². The van der Waals surface area contributed by atoms with Crippen molar-refractivity contribution in [3.05, 3.63) is 77.6 Å². The largest absolute Gasteiger partial charge is 0.508 e. The number of hydrogen-bond acceptors (Lipinski definition) is 4. The van der Waals surface area contributed by atoms with Crippen LogP contribution < -0.4 is 5.32 Å². The number of carboxylic acids is 1. The summed E-state index contributed by atoms with van der Waals surface area (Å²) in [6, 6.07) is 6.72. The summed E-state index contributed by atoms with van der Waals surface area (Å²) in [7, 11) is 0. The molecule has 0 atom stereocenters. The third-order valence-corrected chi connectivity index (χ3v) is 4.83. The molecule has 2 heterocycles. The fourth-order valence-corrected chi connectivity index (χ4v) is 3.35. The van der Waals surface area contributed by atoms with Crippen molar-refractivity contribution in [1.29, 1.82) is 0 Å². The van der Waals surface area contributed by atoms with Crippen LogP contribution in [0.2, 0.25) is 0 Å². The molecule has 3 rings (SSSR count). The highest BCUT2D eigenvalue weighted by atomic mass is 16.5. The first kappa shape index (κ1) is 18.2. The molecule has 0 aromatic heterocycles. The Morgan fingerprint density at radius 3 is 2.50 bits per heavy atom. The fraction of sp³-hybridized carbons (Fsp3) is 0.286. The molecule has 0 radical (unpaired) electrons. The SMILES string of the molecule is C=C/C=C\C(O)=C1/COC2(C=C1c1ccc(C(=O)O)cc1)CCNCC2. The molecule has 0 amide bonds. The topological polar surface area (TPSA) is 78.8 Å². The van der Waals surface area contributed by atoms with Crippen LogP contribution >= 0.6 is 0 Å². The third-order valence-electron chi connectivity index (χ3n) is 4.83. The van der Waals surface area contributed by atoms with E-state index in [2.05, 4.69) is 18.0 Å². The monoisotopic (exact) mass is 353 g/mol. The lowest BCUT2D eigenvalue weighted by atomic mass is 9.83. The van der Waals surface area contributed by atoms with Crippen LogP contribution in [0, 0.1) is 0 Å². The first-order valence-corrected chi connectivity index (χ1v) is 8.67. The van der Waals surface area contributed by atoms with Crippen LogP contribution in [0.3, 0.4) is 0 Å². The molecular formula is C21H23NO4. The molecule has 0 aliphatic carbocycles. The minimum absolute atomic E-state index is 0.127. The van der Waals surface area contributed by atoms with Crippen LogP contribution in [0.1, 0.15) is 28.8 Å². The summed E-state index contributed by atoms with van der Waals surface area (Å²) in [4.78, 5) is 11.1. The Balaban J connectivity index is 2.06. The highest BCUT2D eigenvalue weighted by molar-refractivity contribution is 5.89. The molecule has 1 fully saturated rings. The highest BCUT2D eigenvalue weighted by Crippen LogP contribution is 2.38. The number of piperidine rings is 1. The predicted molar refractivity (Wildman–Crippen MR) is 101 cm³/mol. The molecule has 5 nitrogen and oxygen atoms in total.